The molecule has 2 aromatic carbocycles. The van der Waals surface area contributed by atoms with Crippen LogP contribution in [-0.4, -0.2) is 89.4 Å². The molecule has 2 N–H and O–H groups in total. The van der Waals surface area contributed by atoms with Crippen LogP contribution in [0.1, 0.15) is 92.5 Å². The van der Waals surface area contributed by atoms with Crippen LogP contribution in [0.5, 0.6) is 5.75 Å². The van der Waals surface area contributed by atoms with Crippen molar-refractivity contribution in [1.29, 1.82) is 0 Å². The van der Waals surface area contributed by atoms with Gasteiger partial charge in [0.15, 0.2) is 11.5 Å². The lowest BCUT2D eigenvalue weighted by molar-refractivity contribution is -0.384. The Hall–Kier alpha value is -5.64. The molecule has 57 heavy (non-hydrogen) atoms. The second kappa shape index (κ2) is 17.2. The first-order chi connectivity index (χ1) is 26.9. The van der Waals surface area contributed by atoms with Crippen molar-refractivity contribution in [3.8, 4) is 5.75 Å². The Kier molecular flexibility index (Phi) is 12.9. The highest BCUT2D eigenvalue weighted by Crippen LogP contribution is 2.48. The van der Waals surface area contributed by atoms with Gasteiger partial charge in [0.2, 0.25) is 5.91 Å². The van der Waals surface area contributed by atoms with Crippen molar-refractivity contribution in [1.82, 2.24) is 15.2 Å². The van der Waals surface area contributed by atoms with Crippen molar-refractivity contribution in [3.63, 3.8) is 0 Å². The number of nitrogens with one attached hydrogen (secondary N) is 2. The van der Waals surface area contributed by atoms with E-state index in [1.165, 1.54) is 47.2 Å². The number of benzene rings is 2. The van der Waals surface area contributed by atoms with Crippen molar-refractivity contribution in [2.75, 3.05) is 44.1 Å². The van der Waals surface area contributed by atoms with Crippen molar-refractivity contribution < 1.29 is 47.5 Å². The number of furan rings is 1. The van der Waals surface area contributed by atoms with E-state index in [1.54, 1.807) is 34.6 Å². The monoisotopic (exact) mass is 809 g/mol. The molecular formula is C40H48ClN5O11. The van der Waals surface area contributed by atoms with E-state index in [0.717, 1.165) is 0 Å². The fourth-order valence-electron chi connectivity index (χ4n) is 7.10. The van der Waals surface area contributed by atoms with Crippen LogP contribution in [0.2, 0.25) is 0 Å². The zero-order valence-corrected chi connectivity index (χ0v) is 34.0. The van der Waals surface area contributed by atoms with E-state index in [1.807, 2.05) is 13.8 Å². The third-order valence-corrected chi connectivity index (χ3v) is 9.94. The zero-order chi connectivity index (χ0) is 41.9. The molecule has 4 aromatic rings. The van der Waals surface area contributed by atoms with Crippen LogP contribution in [0.3, 0.4) is 0 Å². The highest BCUT2D eigenvalue weighted by molar-refractivity contribution is 6.20. The number of fused-ring (bicyclic) bond motifs is 4. The molecular weight excluding hydrogens is 762 g/mol. The minimum atomic E-state index is -0.768. The lowest BCUT2D eigenvalue weighted by Crippen LogP contribution is -2.42. The number of nitrogens with zero attached hydrogens (tertiary/aromatic N) is 3. The van der Waals surface area contributed by atoms with Gasteiger partial charge in [-0.15, -0.1) is 11.6 Å². The summed E-state index contributed by atoms with van der Waals surface area (Å²) in [7, 11) is 1.24. The van der Waals surface area contributed by atoms with Gasteiger partial charge in [-0.1, -0.05) is 13.8 Å². The number of amides is 3. The number of halogens is 1. The smallest absolute Gasteiger partial charge is 0.415 e. The van der Waals surface area contributed by atoms with Gasteiger partial charge in [-0.25, -0.2) is 9.59 Å². The summed E-state index contributed by atoms with van der Waals surface area (Å²) in [5, 5.41) is 14.9. The molecule has 0 fully saturated rings. The van der Waals surface area contributed by atoms with E-state index in [2.05, 4.69) is 10.3 Å². The molecule has 0 bridgehead atoms. The number of carbonyl (C=O) groups is 5. The van der Waals surface area contributed by atoms with Crippen molar-refractivity contribution in [2.24, 2.45) is 11.8 Å². The SMILES string of the molecule is CCN(CCNC(=O)[C@H](CC(=O)OC(C)(C)C)CC(C)C)C(=O)Oc1cc2c(c3c(C(=O)OC)c(C)[nH]c13)[C@H](CCl)CN2C(=O)c1cc2cc([N+](=O)[O-])ccc2o1. The van der Waals surface area contributed by atoms with Crippen LogP contribution >= 0.6 is 11.6 Å². The maximum Gasteiger partial charge on any atom is 0.415 e. The molecule has 3 amide bonds. The number of hydrogen-bond donors (Lipinski definition) is 2. The number of aromatic nitrogens is 1. The molecule has 0 spiro atoms. The molecule has 1 aliphatic heterocycles. The number of likely N-dealkylation sites (N-methyl/N-ethyl adjacent to an activating group) is 1. The average molecular weight is 810 g/mol. The summed E-state index contributed by atoms with van der Waals surface area (Å²) < 4.78 is 22.4. The number of rotatable bonds is 14. The van der Waals surface area contributed by atoms with Gasteiger partial charge in [0.1, 0.15) is 11.2 Å². The summed E-state index contributed by atoms with van der Waals surface area (Å²) in [6.07, 6.45) is -0.386. The summed E-state index contributed by atoms with van der Waals surface area (Å²) in [5.74, 6) is -3.02. The van der Waals surface area contributed by atoms with Crippen molar-refractivity contribution in [3.05, 3.63) is 63.0 Å². The van der Waals surface area contributed by atoms with Gasteiger partial charge in [-0.3, -0.25) is 24.5 Å². The predicted octanol–water partition coefficient (Wildman–Crippen LogP) is 7.23. The lowest BCUT2D eigenvalue weighted by atomic mass is 9.93. The van der Waals surface area contributed by atoms with Crippen molar-refractivity contribution >= 4 is 74.7 Å². The Balaban J connectivity index is 1.44. The molecule has 2 atom stereocenters. The Morgan fingerprint density at radius 2 is 1.88 bits per heavy atom. The van der Waals surface area contributed by atoms with E-state index in [9.17, 15) is 34.1 Å². The number of aryl methyl sites for hydroxylation is 1. The maximum absolute atomic E-state index is 14.1. The Morgan fingerprint density at radius 3 is 2.49 bits per heavy atom. The maximum atomic E-state index is 14.1. The van der Waals surface area contributed by atoms with E-state index in [-0.39, 0.29) is 78.6 Å². The fourth-order valence-corrected chi connectivity index (χ4v) is 7.35. The Morgan fingerprint density at radius 1 is 1.16 bits per heavy atom. The normalized spacial score (nSPS) is 14.4. The largest absolute Gasteiger partial charge is 0.465 e. The van der Waals surface area contributed by atoms with Gasteiger partial charge in [-0.05, 0) is 64.7 Å². The highest BCUT2D eigenvalue weighted by atomic mass is 35.5. The standard InChI is InChI=1S/C40H48ClN5O11/c1-9-44(13-12-42-36(48)24(14-21(2)3)17-31(47)57-40(5,6)7)39(51)56-29-18-27-33(34-32(38(50)54-8)22(4)43-35(29)34)25(19-41)20-45(27)37(49)30-16-23-15-26(46(52)53)10-11-28(23)55-30/h10-11,15-16,18,21,24-25,43H,9,12-14,17,19-20H2,1-8H3,(H,42,48)/t24-,25+/m0/s1. The van der Waals surface area contributed by atoms with Gasteiger partial charge in [0, 0.05) is 78.6 Å². The summed E-state index contributed by atoms with van der Waals surface area (Å²) in [4.78, 5) is 83.7. The van der Waals surface area contributed by atoms with Crippen LogP contribution < -0.4 is 15.0 Å². The molecule has 306 valence electrons. The summed E-state index contributed by atoms with van der Waals surface area (Å²) in [5.41, 5.74) is 1.20. The molecule has 3 heterocycles. The summed E-state index contributed by atoms with van der Waals surface area (Å²) >= 11 is 6.49. The second-order valence-corrected chi connectivity index (χ2v) is 15.7. The molecule has 1 aliphatic rings. The van der Waals surface area contributed by atoms with Crippen LogP contribution in [-0.2, 0) is 19.1 Å². The molecule has 17 heteroatoms. The minimum Gasteiger partial charge on any atom is -0.465 e. The first-order valence-corrected chi connectivity index (χ1v) is 19.2. The number of alkyl halides is 1. The van der Waals surface area contributed by atoms with E-state index in [4.69, 9.17) is 30.2 Å². The average Bonchev–Trinajstić information content (AvgIpc) is 3.83. The number of H-pyrrole nitrogens is 1. The summed E-state index contributed by atoms with van der Waals surface area (Å²) in [6.45, 7) is 13.0. The number of nitro benzene ring substituents is 1. The van der Waals surface area contributed by atoms with E-state index >= 15 is 0 Å². The quantitative estimate of drug-likeness (QED) is 0.0563. The second-order valence-electron chi connectivity index (χ2n) is 15.4. The fraction of sp³-hybridized carbons (Fsp3) is 0.475. The lowest BCUT2D eigenvalue weighted by Gasteiger charge is -2.24. The van der Waals surface area contributed by atoms with Gasteiger partial charge in [0.25, 0.3) is 11.6 Å². The number of esters is 2. The first kappa shape index (κ1) is 42.5. The number of nitro groups is 1. The molecule has 0 aliphatic carbocycles. The van der Waals surface area contributed by atoms with Crippen LogP contribution in [0.15, 0.2) is 34.7 Å². The number of hydrogen-bond acceptors (Lipinski definition) is 11. The zero-order valence-electron chi connectivity index (χ0n) is 33.3. The van der Waals surface area contributed by atoms with E-state index in [0.29, 0.717) is 39.7 Å². The molecule has 0 saturated carbocycles. The number of aromatic amines is 1. The molecule has 5 rings (SSSR count). The number of anilines is 1. The first-order valence-electron chi connectivity index (χ1n) is 18.7. The molecule has 0 unspecified atom stereocenters. The van der Waals surface area contributed by atoms with Crippen LogP contribution in [0, 0.1) is 28.9 Å². The van der Waals surface area contributed by atoms with Crippen LogP contribution in [0.4, 0.5) is 16.2 Å². The Bertz CT molecular complexity index is 2220. The number of methoxy groups -OCH3 is 1. The minimum absolute atomic E-state index is 0.0112. The number of non-ortho nitro benzene ring substituents is 1. The highest BCUT2D eigenvalue weighted by Gasteiger charge is 2.39. The molecule has 0 radical (unpaired) electrons. The molecule has 16 nitrogen and oxygen atoms in total. The van der Waals surface area contributed by atoms with Crippen LogP contribution in [0.25, 0.3) is 21.9 Å². The number of ether oxygens (including phenoxy) is 3. The number of carbonyl (C=O) groups excluding carboxylic acids is 5. The Labute approximate surface area is 334 Å². The molecule has 0 saturated heterocycles. The van der Waals surface area contributed by atoms with Crippen molar-refractivity contribution in [2.45, 2.75) is 72.8 Å². The van der Waals surface area contributed by atoms with Gasteiger partial charge < -0.3 is 38.7 Å². The third kappa shape index (κ3) is 9.33. The van der Waals surface area contributed by atoms with Gasteiger partial charge in [0.05, 0.1) is 35.2 Å². The van der Waals surface area contributed by atoms with E-state index < -0.39 is 46.3 Å². The predicted molar refractivity (Wildman–Crippen MR) is 212 cm³/mol. The summed E-state index contributed by atoms with van der Waals surface area (Å²) in [6, 6.07) is 6.93. The van der Waals surface area contributed by atoms with Gasteiger partial charge in [-0.2, -0.15) is 0 Å². The topological polar surface area (TPSA) is 204 Å². The molecule has 2 aromatic heterocycles. The van der Waals surface area contributed by atoms with Gasteiger partial charge >= 0.3 is 18.0 Å². The third-order valence-electron chi connectivity index (χ3n) is 9.57.